The summed E-state index contributed by atoms with van der Waals surface area (Å²) in [5.74, 6) is 0.187. The van der Waals surface area contributed by atoms with Crippen molar-refractivity contribution >= 4 is 40.8 Å². The summed E-state index contributed by atoms with van der Waals surface area (Å²) in [6, 6.07) is 5.34. The van der Waals surface area contributed by atoms with Crippen LogP contribution < -0.4 is 27.8 Å². The average Bonchev–Trinajstić information content (AvgIpc) is 2.74. The van der Waals surface area contributed by atoms with Crippen LogP contribution in [-0.2, 0) is 16.1 Å². The molecule has 1 amide bonds. The van der Waals surface area contributed by atoms with Gasteiger partial charge in [0.1, 0.15) is 11.5 Å². The highest BCUT2D eigenvalue weighted by atomic mass is 35.5. The predicted octanol–water partition coefficient (Wildman–Crippen LogP) is 2.04. The Morgan fingerprint density at radius 1 is 1.09 bits per heavy atom. The molecule has 0 aliphatic heterocycles. The minimum Gasteiger partial charge on any atom is -0.404 e. The van der Waals surface area contributed by atoms with Gasteiger partial charge in [-0.1, -0.05) is 29.3 Å². The van der Waals surface area contributed by atoms with Gasteiger partial charge in [-0.15, -0.1) is 0 Å². The maximum absolute atomic E-state index is 12.9. The van der Waals surface area contributed by atoms with Crippen LogP contribution >= 0.6 is 23.2 Å². The van der Waals surface area contributed by atoms with E-state index < -0.39 is 0 Å². The smallest absolute Gasteiger partial charge is 0.275 e. The first-order chi connectivity index (χ1) is 15.1. The van der Waals surface area contributed by atoms with E-state index in [0.717, 1.165) is 11.1 Å². The molecule has 0 atom stereocenters. The van der Waals surface area contributed by atoms with Crippen LogP contribution in [0, 0.1) is 0 Å². The summed E-state index contributed by atoms with van der Waals surface area (Å²) in [4.78, 5) is 21.0. The van der Waals surface area contributed by atoms with Gasteiger partial charge in [0.25, 0.3) is 5.91 Å². The van der Waals surface area contributed by atoms with Gasteiger partial charge in [0, 0.05) is 6.54 Å². The van der Waals surface area contributed by atoms with Crippen molar-refractivity contribution in [2.45, 2.75) is 27.3 Å². The number of carbonyl (C=O) groups excluding carboxylic acids is 1. The fourth-order valence-corrected chi connectivity index (χ4v) is 2.70. The van der Waals surface area contributed by atoms with Crippen molar-refractivity contribution in [2.75, 3.05) is 26.3 Å². The number of benzene rings is 1. The van der Waals surface area contributed by atoms with E-state index >= 15 is 0 Å². The van der Waals surface area contributed by atoms with Crippen LogP contribution in [0.2, 0.25) is 10.0 Å². The van der Waals surface area contributed by atoms with Crippen molar-refractivity contribution in [1.82, 2.24) is 10.6 Å². The van der Waals surface area contributed by atoms with Crippen LogP contribution in [-0.4, -0.2) is 43.9 Å². The summed E-state index contributed by atoms with van der Waals surface area (Å²) < 4.78 is 5.40. The van der Waals surface area contributed by atoms with E-state index in [0.29, 0.717) is 47.7 Å². The fraction of sp³-hybridized carbons (Fsp3) is 0.381. The molecule has 0 saturated carbocycles. The number of nitrogens with zero attached hydrogens (tertiary/aromatic N) is 2. The average molecular weight is 484 g/mol. The number of rotatable bonds is 12. The van der Waals surface area contributed by atoms with Crippen LogP contribution in [0.4, 0.5) is 0 Å². The normalized spacial score (nSPS) is 11.7. The van der Waals surface area contributed by atoms with Gasteiger partial charge >= 0.3 is 0 Å². The first kappa shape index (κ1) is 27.3. The first-order valence-electron chi connectivity index (χ1n) is 9.88. The molecule has 0 bridgehead atoms. The molecule has 32 heavy (non-hydrogen) atoms. The Hall–Kier alpha value is -2.75. The number of aliphatic imine (C=N–C) groups is 2. The Morgan fingerprint density at radius 3 is 2.31 bits per heavy atom. The lowest BCUT2D eigenvalue weighted by Crippen LogP contribution is -2.37. The number of allylic oxidation sites excluding steroid dienone is 1. The van der Waals surface area contributed by atoms with Crippen LogP contribution in [0.5, 0.6) is 0 Å². The Labute approximate surface area is 198 Å². The molecular weight excluding hydrogens is 453 g/mol. The maximum atomic E-state index is 12.9. The van der Waals surface area contributed by atoms with Gasteiger partial charge in [-0.3, -0.25) is 14.8 Å². The van der Waals surface area contributed by atoms with Gasteiger partial charge in [0.2, 0.25) is 0 Å². The standard InChI is InChI=1S/C21H31Cl2N7O2/c1-13(2)19(29-12-15-4-5-16(22)17(23)10-15)30-20(31)18(14(3)11-24)27-6-8-32-9-7-28-21(25)26/h4-5,10-11,29H,6-9,12,24H2,1-3H3,(H,30,31)(H4,25,26,28). The van der Waals surface area contributed by atoms with Crippen molar-refractivity contribution in [3.05, 3.63) is 57.0 Å². The lowest BCUT2D eigenvalue weighted by Gasteiger charge is -2.16. The molecule has 0 aromatic heterocycles. The Bertz CT molecular complexity index is 903. The monoisotopic (exact) mass is 483 g/mol. The highest BCUT2D eigenvalue weighted by Crippen LogP contribution is 2.22. The third-order valence-electron chi connectivity index (χ3n) is 4.07. The third kappa shape index (κ3) is 10.0. The zero-order valence-electron chi connectivity index (χ0n) is 18.5. The lowest BCUT2D eigenvalue weighted by atomic mass is 10.1. The van der Waals surface area contributed by atoms with Crippen LogP contribution in [0.25, 0.3) is 0 Å². The molecule has 9 nitrogen and oxygen atoms in total. The van der Waals surface area contributed by atoms with Gasteiger partial charge in [-0.25, -0.2) is 0 Å². The second-order valence-corrected chi connectivity index (χ2v) is 7.74. The summed E-state index contributed by atoms with van der Waals surface area (Å²) in [5.41, 5.74) is 18.7. The molecule has 8 N–H and O–H groups in total. The van der Waals surface area contributed by atoms with E-state index in [2.05, 4.69) is 20.6 Å². The molecule has 0 radical (unpaired) electrons. The summed E-state index contributed by atoms with van der Waals surface area (Å²) in [5, 5.41) is 7.01. The number of amides is 1. The quantitative estimate of drug-likeness (QED) is 0.174. The van der Waals surface area contributed by atoms with Gasteiger partial charge in [0.15, 0.2) is 5.96 Å². The van der Waals surface area contributed by atoms with Gasteiger partial charge in [0.05, 0.1) is 36.3 Å². The van der Waals surface area contributed by atoms with Crippen LogP contribution in [0.15, 0.2) is 51.4 Å². The molecule has 0 aliphatic rings. The molecule has 0 spiro atoms. The van der Waals surface area contributed by atoms with Crippen LogP contribution in [0.1, 0.15) is 26.3 Å². The number of nitrogens with two attached hydrogens (primary N) is 3. The number of hydrogen-bond donors (Lipinski definition) is 5. The molecule has 176 valence electrons. The number of hydrogen-bond acceptors (Lipinski definition) is 6. The minimum absolute atomic E-state index is 0.0112. The van der Waals surface area contributed by atoms with Crippen molar-refractivity contribution in [3.8, 4) is 0 Å². The SMILES string of the molecule is CC(=CN)C(=NCCOCCN=C(N)N)C(=O)NC(NCc1ccc(Cl)c(Cl)c1)=C(C)C. The second kappa shape index (κ2) is 14.3. The number of halogens is 2. The number of ether oxygens (including phenoxy) is 1. The van der Waals surface area contributed by atoms with Gasteiger partial charge < -0.3 is 32.6 Å². The largest absolute Gasteiger partial charge is 0.404 e. The van der Waals surface area contributed by atoms with Gasteiger partial charge in [-0.2, -0.15) is 0 Å². The van der Waals surface area contributed by atoms with E-state index in [1.54, 1.807) is 19.1 Å². The molecule has 0 aliphatic carbocycles. The summed E-state index contributed by atoms with van der Waals surface area (Å²) in [6.07, 6.45) is 1.34. The topological polar surface area (TPSA) is 153 Å². The predicted molar refractivity (Wildman–Crippen MR) is 132 cm³/mol. The molecule has 11 heteroatoms. The maximum Gasteiger partial charge on any atom is 0.275 e. The number of guanidine groups is 1. The molecule has 1 aromatic rings. The Morgan fingerprint density at radius 2 is 1.75 bits per heavy atom. The van der Waals surface area contributed by atoms with Crippen molar-refractivity contribution in [2.24, 2.45) is 27.2 Å². The molecule has 1 aromatic carbocycles. The summed E-state index contributed by atoms with van der Waals surface area (Å²) in [7, 11) is 0. The number of carbonyl (C=O) groups is 1. The fourth-order valence-electron chi connectivity index (χ4n) is 2.38. The zero-order chi connectivity index (χ0) is 24.1. The van der Waals surface area contributed by atoms with Crippen molar-refractivity contribution < 1.29 is 9.53 Å². The minimum atomic E-state index is -0.387. The molecule has 0 unspecified atom stereocenters. The summed E-state index contributed by atoms with van der Waals surface area (Å²) >= 11 is 12.0. The number of nitrogens with one attached hydrogen (secondary N) is 2. The molecule has 0 heterocycles. The van der Waals surface area contributed by atoms with E-state index in [9.17, 15) is 4.79 Å². The van der Waals surface area contributed by atoms with E-state index in [1.807, 2.05) is 19.9 Å². The zero-order valence-corrected chi connectivity index (χ0v) is 20.1. The highest BCUT2D eigenvalue weighted by Gasteiger charge is 2.15. The lowest BCUT2D eigenvalue weighted by molar-refractivity contribution is -0.114. The second-order valence-electron chi connectivity index (χ2n) is 6.93. The van der Waals surface area contributed by atoms with Gasteiger partial charge in [-0.05, 0) is 55.8 Å². The van der Waals surface area contributed by atoms with E-state index in [4.69, 9.17) is 45.1 Å². The first-order valence-corrected chi connectivity index (χ1v) is 10.6. The van der Waals surface area contributed by atoms with E-state index in [1.165, 1.54) is 6.20 Å². The van der Waals surface area contributed by atoms with Crippen molar-refractivity contribution in [3.63, 3.8) is 0 Å². The Kier molecular flexibility index (Phi) is 12.2. The molecule has 0 saturated heterocycles. The van der Waals surface area contributed by atoms with Crippen molar-refractivity contribution in [1.29, 1.82) is 0 Å². The molecular formula is C21H31Cl2N7O2. The Balaban J connectivity index is 2.75. The van der Waals surface area contributed by atoms with E-state index in [-0.39, 0.29) is 24.1 Å². The van der Waals surface area contributed by atoms with Crippen LogP contribution in [0.3, 0.4) is 0 Å². The molecule has 0 fully saturated rings. The summed E-state index contributed by atoms with van der Waals surface area (Å²) in [6.45, 7) is 7.20. The third-order valence-corrected chi connectivity index (χ3v) is 4.81. The highest BCUT2D eigenvalue weighted by molar-refractivity contribution is 6.45. The molecule has 1 rings (SSSR count).